The minimum atomic E-state index is -3.40. The van der Waals surface area contributed by atoms with Gasteiger partial charge in [0.1, 0.15) is 12.2 Å². The van der Waals surface area contributed by atoms with Crippen molar-refractivity contribution in [3.05, 3.63) is 12.2 Å². The normalized spacial score (nSPS) is 26.3. The van der Waals surface area contributed by atoms with E-state index in [4.69, 9.17) is 0 Å². The predicted molar refractivity (Wildman–Crippen MR) is 86.7 cm³/mol. The van der Waals surface area contributed by atoms with Crippen molar-refractivity contribution in [3.8, 4) is 0 Å². The van der Waals surface area contributed by atoms with E-state index in [1.807, 2.05) is 11.6 Å². The zero-order chi connectivity index (χ0) is 16.6. The molecule has 2 aliphatic rings. The van der Waals surface area contributed by atoms with E-state index in [0.717, 1.165) is 32.0 Å². The molecular weight excluding hydrogens is 316 g/mol. The molecule has 1 aliphatic carbocycles. The van der Waals surface area contributed by atoms with Crippen molar-refractivity contribution in [1.29, 1.82) is 0 Å². The van der Waals surface area contributed by atoms with Crippen LogP contribution in [0.3, 0.4) is 0 Å². The lowest BCUT2D eigenvalue weighted by Gasteiger charge is -2.21. The van der Waals surface area contributed by atoms with Crippen molar-refractivity contribution < 1.29 is 8.42 Å². The van der Waals surface area contributed by atoms with Gasteiger partial charge in [-0.2, -0.15) is 22.5 Å². The van der Waals surface area contributed by atoms with Gasteiger partial charge < -0.3 is 0 Å². The molecule has 0 radical (unpaired) electrons. The van der Waals surface area contributed by atoms with Crippen LogP contribution in [0.1, 0.15) is 25.6 Å². The minimum Gasteiger partial charge on any atom is -0.294 e. The second-order valence-electron chi connectivity index (χ2n) is 6.70. The van der Waals surface area contributed by atoms with Crippen LogP contribution in [0.2, 0.25) is 0 Å². The summed E-state index contributed by atoms with van der Waals surface area (Å²) >= 11 is 0. The summed E-state index contributed by atoms with van der Waals surface area (Å²) in [5.41, 5.74) is 0. The molecule has 1 saturated carbocycles. The number of hydrogen-bond donors (Lipinski definition) is 1. The summed E-state index contributed by atoms with van der Waals surface area (Å²) in [5.74, 6) is 1.99. The molecule has 3 rings (SSSR count). The Balaban J connectivity index is 1.69. The van der Waals surface area contributed by atoms with Gasteiger partial charge in [-0.15, -0.1) is 0 Å². The van der Waals surface area contributed by atoms with Crippen LogP contribution in [0.15, 0.2) is 6.33 Å². The molecule has 1 N–H and O–H groups in total. The van der Waals surface area contributed by atoms with E-state index in [2.05, 4.69) is 19.7 Å². The smallest absolute Gasteiger partial charge is 0.279 e. The number of aryl methyl sites for hydroxylation is 1. The fraction of sp³-hybridized carbons (Fsp3) is 0.857. The summed E-state index contributed by atoms with van der Waals surface area (Å²) in [4.78, 5) is 6.62. The first-order chi connectivity index (χ1) is 10.9. The highest BCUT2D eigenvalue weighted by molar-refractivity contribution is 7.87. The van der Waals surface area contributed by atoms with Crippen molar-refractivity contribution in [2.75, 3.05) is 27.2 Å². The van der Waals surface area contributed by atoms with Gasteiger partial charge in [0.15, 0.2) is 0 Å². The Kier molecular flexibility index (Phi) is 4.73. The second kappa shape index (κ2) is 6.46. The zero-order valence-electron chi connectivity index (χ0n) is 14.0. The third kappa shape index (κ3) is 3.73. The molecule has 9 heteroatoms. The summed E-state index contributed by atoms with van der Waals surface area (Å²) in [7, 11) is -0.274. The van der Waals surface area contributed by atoms with E-state index in [1.165, 1.54) is 17.1 Å². The highest BCUT2D eigenvalue weighted by atomic mass is 32.2. The van der Waals surface area contributed by atoms with Gasteiger partial charge in [0.2, 0.25) is 0 Å². The van der Waals surface area contributed by atoms with Crippen LogP contribution in [-0.2, 0) is 23.3 Å². The first-order valence-corrected chi connectivity index (χ1v) is 9.63. The second-order valence-corrected chi connectivity index (χ2v) is 8.62. The Morgan fingerprint density at radius 3 is 2.70 bits per heavy atom. The molecule has 1 saturated heterocycles. The van der Waals surface area contributed by atoms with Crippen LogP contribution in [0, 0.1) is 11.8 Å². The summed E-state index contributed by atoms with van der Waals surface area (Å²) in [6.07, 6.45) is 4.01. The number of aromatic nitrogens is 3. The molecule has 0 unspecified atom stereocenters. The summed E-state index contributed by atoms with van der Waals surface area (Å²) in [6, 6.07) is -0.0205. The molecule has 2 heterocycles. The van der Waals surface area contributed by atoms with Crippen molar-refractivity contribution >= 4 is 10.2 Å². The number of rotatable bonds is 7. The van der Waals surface area contributed by atoms with Crippen LogP contribution in [-0.4, -0.2) is 65.6 Å². The van der Waals surface area contributed by atoms with Crippen molar-refractivity contribution in [3.63, 3.8) is 0 Å². The molecule has 2 atom stereocenters. The first-order valence-electron chi connectivity index (χ1n) is 8.19. The molecule has 2 fully saturated rings. The van der Waals surface area contributed by atoms with E-state index in [1.54, 1.807) is 20.4 Å². The van der Waals surface area contributed by atoms with Gasteiger partial charge in [0, 0.05) is 39.8 Å². The number of nitrogens with zero attached hydrogens (tertiary/aromatic N) is 5. The Labute approximate surface area is 138 Å². The highest BCUT2D eigenvalue weighted by Gasteiger charge is 2.44. The maximum atomic E-state index is 12.2. The average Bonchev–Trinajstić information content (AvgIpc) is 3.11. The monoisotopic (exact) mass is 342 g/mol. The standard InChI is InChI=1S/C14H26N6O2S/c1-4-20-14(15-10-16-20)9-19-7-12(11-5-6-11)13(8-19)17-23(21,22)18(2)3/h10-13,17H,4-9H2,1-3H3/t12-,13+/m0/s1. The molecule has 0 aromatic carbocycles. The van der Waals surface area contributed by atoms with Crippen molar-refractivity contribution in [1.82, 2.24) is 28.7 Å². The maximum Gasteiger partial charge on any atom is 0.279 e. The van der Waals surface area contributed by atoms with Crippen LogP contribution in [0.5, 0.6) is 0 Å². The molecule has 1 aliphatic heterocycles. The van der Waals surface area contributed by atoms with Gasteiger partial charge >= 0.3 is 0 Å². The quantitative estimate of drug-likeness (QED) is 0.748. The molecule has 0 bridgehead atoms. The van der Waals surface area contributed by atoms with E-state index in [-0.39, 0.29) is 6.04 Å². The molecule has 23 heavy (non-hydrogen) atoms. The SMILES string of the molecule is CCn1ncnc1CN1C[C@@H](NS(=O)(=O)N(C)C)[C@H](C2CC2)C1. The fourth-order valence-corrected chi connectivity index (χ4v) is 4.18. The average molecular weight is 342 g/mol. The number of nitrogens with one attached hydrogen (secondary N) is 1. The van der Waals surface area contributed by atoms with Gasteiger partial charge in [-0.25, -0.2) is 9.67 Å². The third-order valence-corrected chi connectivity index (χ3v) is 6.37. The van der Waals surface area contributed by atoms with Gasteiger partial charge in [-0.05, 0) is 31.6 Å². The van der Waals surface area contributed by atoms with Crippen LogP contribution in [0.25, 0.3) is 0 Å². The number of likely N-dealkylation sites (tertiary alicyclic amines) is 1. The van der Waals surface area contributed by atoms with Crippen molar-refractivity contribution in [2.45, 2.75) is 38.9 Å². The first kappa shape index (κ1) is 16.8. The Bertz CT molecular complexity index is 639. The number of hydrogen-bond acceptors (Lipinski definition) is 5. The molecule has 1 aromatic heterocycles. The van der Waals surface area contributed by atoms with Crippen LogP contribution in [0.4, 0.5) is 0 Å². The Morgan fingerprint density at radius 2 is 2.09 bits per heavy atom. The molecule has 1 aromatic rings. The Hall–Kier alpha value is -1.03. The topological polar surface area (TPSA) is 83.4 Å². The summed E-state index contributed by atoms with van der Waals surface area (Å²) < 4.78 is 30.4. The summed E-state index contributed by atoms with van der Waals surface area (Å²) in [5, 5.41) is 4.21. The Morgan fingerprint density at radius 1 is 1.35 bits per heavy atom. The lowest BCUT2D eigenvalue weighted by Crippen LogP contribution is -2.46. The largest absolute Gasteiger partial charge is 0.294 e. The van der Waals surface area contributed by atoms with E-state index < -0.39 is 10.2 Å². The van der Waals surface area contributed by atoms with Gasteiger partial charge in [0.25, 0.3) is 10.2 Å². The van der Waals surface area contributed by atoms with Gasteiger partial charge in [-0.3, -0.25) is 4.90 Å². The highest BCUT2D eigenvalue weighted by Crippen LogP contribution is 2.41. The summed E-state index contributed by atoms with van der Waals surface area (Å²) in [6.45, 7) is 5.21. The lowest BCUT2D eigenvalue weighted by atomic mass is 9.99. The predicted octanol–water partition coefficient (Wildman–Crippen LogP) is -0.0956. The van der Waals surface area contributed by atoms with Crippen LogP contribution < -0.4 is 4.72 Å². The van der Waals surface area contributed by atoms with E-state index >= 15 is 0 Å². The lowest BCUT2D eigenvalue weighted by molar-refractivity contribution is 0.295. The minimum absolute atomic E-state index is 0.0205. The van der Waals surface area contributed by atoms with E-state index in [0.29, 0.717) is 11.8 Å². The molecule has 8 nitrogen and oxygen atoms in total. The molecule has 0 spiro atoms. The van der Waals surface area contributed by atoms with Gasteiger partial charge in [0.05, 0.1) is 6.54 Å². The van der Waals surface area contributed by atoms with Crippen LogP contribution >= 0.6 is 0 Å². The fourth-order valence-electron chi connectivity index (χ4n) is 3.34. The molecule has 0 amide bonds. The van der Waals surface area contributed by atoms with Gasteiger partial charge in [-0.1, -0.05) is 0 Å². The molecule has 130 valence electrons. The third-order valence-electron chi connectivity index (χ3n) is 4.81. The van der Waals surface area contributed by atoms with Crippen molar-refractivity contribution in [2.24, 2.45) is 11.8 Å². The zero-order valence-corrected chi connectivity index (χ0v) is 14.8. The molecular formula is C14H26N6O2S. The van der Waals surface area contributed by atoms with E-state index in [9.17, 15) is 8.42 Å². The maximum absolute atomic E-state index is 12.2.